The second-order valence-electron chi connectivity index (χ2n) is 5.08. The standard InChI is InChI=1S/C15H15N5O2/c1-9(7-21)20-6-13(12-5-18-8-19-15(12)20)14(22)10-2-11(16)4-17-3-10/h2-6,8-9,21H,7,16H2,1H3/t9-/m0/s1. The van der Waals surface area contributed by atoms with Gasteiger partial charge in [-0.05, 0) is 13.0 Å². The largest absolute Gasteiger partial charge is 0.397 e. The van der Waals surface area contributed by atoms with Crippen molar-refractivity contribution < 1.29 is 9.90 Å². The predicted molar refractivity (Wildman–Crippen MR) is 81.4 cm³/mol. The van der Waals surface area contributed by atoms with Crippen LogP contribution in [0.5, 0.6) is 0 Å². The van der Waals surface area contributed by atoms with Crippen LogP contribution in [-0.4, -0.2) is 37.0 Å². The Hall–Kier alpha value is -2.80. The van der Waals surface area contributed by atoms with Crippen molar-refractivity contribution in [2.45, 2.75) is 13.0 Å². The van der Waals surface area contributed by atoms with Gasteiger partial charge in [0.05, 0.1) is 23.9 Å². The quantitative estimate of drug-likeness (QED) is 0.700. The molecule has 3 heterocycles. The van der Waals surface area contributed by atoms with Crippen LogP contribution in [0.1, 0.15) is 28.9 Å². The SMILES string of the molecule is C[C@@H](CO)n1cc(C(=O)c2cncc(N)c2)c2cncnc21. The molecule has 112 valence electrons. The molecule has 3 aromatic heterocycles. The summed E-state index contributed by atoms with van der Waals surface area (Å²) in [4.78, 5) is 24.9. The summed E-state index contributed by atoms with van der Waals surface area (Å²) < 4.78 is 1.77. The number of nitrogens with zero attached hydrogens (tertiary/aromatic N) is 4. The molecular formula is C15H15N5O2. The molecule has 0 spiro atoms. The van der Waals surface area contributed by atoms with Crippen LogP contribution in [0.3, 0.4) is 0 Å². The van der Waals surface area contributed by atoms with Gasteiger partial charge in [0, 0.05) is 35.7 Å². The van der Waals surface area contributed by atoms with Gasteiger partial charge < -0.3 is 15.4 Å². The molecular weight excluding hydrogens is 282 g/mol. The molecule has 0 radical (unpaired) electrons. The molecule has 0 bridgehead atoms. The van der Waals surface area contributed by atoms with Crippen LogP contribution in [0.25, 0.3) is 11.0 Å². The summed E-state index contributed by atoms with van der Waals surface area (Å²) in [5, 5.41) is 10.0. The van der Waals surface area contributed by atoms with Gasteiger partial charge in [-0.2, -0.15) is 0 Å². The van der Waals surface area contributed by atoms with Crippen molar-refractivity contribution in [3.05, 3.63) is 48.3 Å². The molecule has 0 saturated carbocycles. The van der Waals surface area contributed by atoms with E-state index in [0.717, 1.165) is 0 Å². The first-order valence-electron chi connectivity index (χ1n) is 6.78. The highest BCUT2D eigenvalue weighted by Crippen LogP contribution is 2.24. The van der Waals surface area contributed by atoms with Crippen molar-refractivity contribution in [2.75, 3.05) is 12.3 Å². The minimum atomic E-state index is -0.205. The number of hydrogen-bond acceptors (Lipinski definition) is 6. The van der Waals surface area contributed by atoms with Gasteiger partial charge in [-0.1, -0.05) is 0 Å². The van der Waals surface area contributed by atoms with Crippen LogP contribution < -0.4 is 5.73 Å². The summed E-state index contributed by atoms with van der Waals surface area (Å²) in [5.41, 5.74) is 7.58. The second kappa shape index (κ2) is 5.53. The number of hydrogen-bond donors (Lipinski definition) is 2. The van der Waals surface area contributed by atoms with Gasteiger partial charge in [0.25, 0.3) is 0 Å². The summed E-state index contributed by atoms with van der Waals surface area (Å²) in [7, 11) is 0. The monoisotopic (exact) mass is 297 g/mol. The number of anilines is 1. The van der Waals surface area contributed by atoms with Crippen molar-refractivity contribution in [3.8, 4) is 0 Å². The number of fused-ring (bicyclic) bond motifs is 1. The van der Waals surface area contributed by atoms with Gasteiger partial charge in [-0.25, -0.2) is 9.97 Å². The Bertz CT molecular complexity index is 843. The minimum Gasteiger partial charge on any atom is -0.397 e. The number of nitrogens with two attached hydrogens (primary N) is 1. The fourth-order valence-corrected chi connectivity index (χ4v) is 2.33. The van der Waals surface area contributed by atoms with Crippen molar-refractivity contribution in [1.29, 1.82) is 0 Å². The second-order valence-corrected chi connectivity index (χ2v) is 5.08. The Morgan fingerprint density at radius 2 is 2.18 bits per heavy atom. The molecule has 22 heavy (non-hydrogen) atoms. The number of carbonyl (C=O) groups is 1. The molecule has 7 heteroatoms. The van der Waals surface area contributed by atoms with Crippen molar-refractivity contribution >= 4 is 22.5 Å². The van der Waals surface area contributed by atoms with E-state index in [0.29, 0.717) is 27.8 Å². The summed E-state index contributed by atoms with van der Waals surface area (Å²) in [6.07, 6.45) is 7.65. The van der Waals surface area contributed by atoms with E-state index in [4.69, 9.17) is 5.73 Å². The highest BCUT2D eigenvalue weighted by atomic mass is 16.3. The van der Waals surface area contributed by atoms with Gasteiger partial charge in [-0.15, -0.1) is 0 Å². The molecule has 0 fully saturated rings. The molecule has 0 aliphatic heterocycles. The Morgan fingerprint density at radius 1 is 1.36 bits per heavy atom. The maximum atomic E-state index is 12.7. The molecule has 3 rings (SSSR count). The average Bonchev–Trinajstić information content (AvgIpc) is 2.93. The van der Waals surface area contributed by atoms with Crippen molar-refractivity contribution in [1.82, 2.24) is 19.5 Å². The molecule has 0 amide bonds. The predicted octanol–water partition coefficient (Wildman–Crippen LogP) is 1.19. The zero-order chi connectivity index (χ0) is 15.7. The molecule has 3 N–H and O–H groups in total. The molecule has 0 saturated heterocycles. The minimum absolute atomic E-state index is 0.0543. The molecule has 1 atom stereocenters. The first kappa shape index (κ1) is 14.2. The number of aliphatic hydroxyl groups is 1. The number of ketones is 1. The average molecular weight is 297 g/mol. The summed E-state index contributed by atoms with van der Waals surface area (Å²) in [6, 6.07) is 1.38. The first-order chi connectivity index (χ1) is 10.6. The number of carbonyl (C=O) groups excluding carboxylic acids is 1. The van der Waals surface area contributed by atoms with Crippen LogP contribution in [0.15, 0.2) is 37.2 Å². The zero-order valence-corrected chi connectivity index (χ0v) is 12.0. The highest BCUT2D eigenvalue weighted by Gasteiger charge is 2.20. The summed E-state index contributed by atoms with van der Waals surface area (Å²) in [6.45, 7) is 1.79. The fourth-order valence-electron chi connectivity index (χ4n) is 2.33. The van der Waals surface area contributed by atoms with E-state index in [1.807, 2.05) is 6.92 Å². The lowest BCUT2D eigenvalue weighted by Gasteiger charge is -2.10. The van der Waals surface area contributed by atoms with Gasteiger partial charge in [0.15, 0.2) is 5.78 Å². The topological polar surface area (TPSA) is 107 Å². The molecule has 0 aliphatic carbocycles. The molecule has 3 aromatic rings. The van der Waals surface area contributed by atoms with Gasteiger partial charge in [0.1, 0.15) is 12.0 Å². The third-order valence-corrected chi connectivity index (χ3v) is 3.50. The number of nitrogen functional groups attached to an aromatic ring is 1. The van der Waals surface area contributed by atoms with E-state index in [1.54, 1.807) is 23.0 Å². The maximum absolute atomic E-state index is 12.7. The fraction of sp³-hybridized carbons (Fsp3) is 0.200. The molecule has 0 aliphatic rings. The van der Waals surface area contributed by atoms with Crippen LogP contribution in [0.4, 0.5) is 5.69 Å². The Morgan fingerprint density at radius 3 is 2.91 bits per heavy atom. The third-order valence-electron chi connectivity index (χ3n) is 3.50. The number of rotatable bonds is 4. The van der Waals surface area contributed by atoms with Crippen molar-refractivity contribution in [3.63, 3.8) is 0 Å². The number of aliphatic hydroxyl groups excluding tert-OH is 1. The van der Waals surface area contributed by atoms with E-state index in [2.05, 4.69) is 15.0 Å². The molecule has 0 aromatic carbocycles. The van der Waals surface area contributed by atoms with E-state index in [1.165, 1.54) is 18.7 Å². The Labute approximate surface area is 126 Å². The van der Waals surface area contributed by atoms with E-state index in [9.17, 15) is 9.90 Å². The normalized spacial score (nSPS) is 12.5. The van der Waals surface area contributed by atoms with Gasteiger partial charge in [0.2, 0.25) is 0 Å². The number of pyridine rings is 1. The zero-order valence-electron chi connectivity index (χ0n) is 12.0. The van der Waals surface area contributed by atoms with Crippen LogP contribution >= 0.6 is 0 Å². The lowest BCUT2D eigenvalue weighted by atomic mass is 10.1. The Kier molecular flexibility index (Phi) is 3.56. The first-order valence-corrected chi connectivity index (χ1v) is 6.78. The summed E-state index contributed by atoms with van der Waals surface area (Å²) in [5.74, 6) is -0.205. The molecule has 0 unspecified atom stereocenters. The Balaban J connectivity index is 2.17. The molecule has 7 nitrogen and oxygen atoms in total. The number of aromatic nitrogens is 4. The maximum Gasteiger partial charge on any atom is 0.196 e. The smallest absolute Gasteiger partial charge is 0.196 e. The lowest BCUT2D eigenvalue weighted by molar-refractivity contribution is 0.103. The van der Waals surface area contributed by atoms with Gasteiger partial charge in [-0.3, -0.25) is 9.78 Å². The third kappa shape index (κ3) is 2.31. The van der Waals surface area contributed by atoms with Crippen LogP contribution in [0, 0.1) is 0 Å². The van der Waals surface area contributed by atoms with E-state index >= 15 is 0 Å². The van der Waals surface area contributed by atoms with E-state index < -0.39 is 0 Å². The van der Waals surface area contributed by atoms with E-state index in [-0.39, 0.29) is 18.4 Å². The summed E-state index contributed by atoms with van der Waals surface area (Å²) >= 11 is 0. The highest BCUT2D eigenvalue weighted by molar-refractivity contribution is 6.16. The lowest BCUT2D eigenvalue weighted by Crippen LogP contribution is -2.09. The van der Waals surface area contributed by atoms with Crippen LogP contribution in [0.2, 0.25) is 0 Å². The van der Waals surface area contributed by atoms with Crippen molar-refractivity contribution in [2.24, 2.45) is 0 Å². The van der Waals surface area contributed by atoms with Gasteiger partial charge >= 0.3 is 0 Å². The van der Waals surface area contributed by atoms with Crippen LogP contribution in [-0.2, 0) is 0 Å².